The van der Waals surface area contributed by atoms with Gasteiger partial charge in [-0.05, 0) is 11.3 Å². The molecule has 2 N–H and O–H groups in total. The highest BCUT2D eigenvalue weighted by Crippen LogP contribution is 2.19. The fourth-order valence-electron chi connectivity index (χ4n) is 2.47. The van der Waals surface area contributed by atoms with E-state index in [1.807, 2.05) is 0 Å². The predicted octanol–water partition coefficient (Wildman–Crippen LogP) is 3.22. The van der Waals surface area contributed by atoms with E-state index in [1.165, 1.54) is 37.6 Å². The van der Waals surface area contributed by atoms with Crippen molar-refractivity contribution in [2.45, 2.75) is 51.8 Å². The smallest absolute Gasteiger partial charge is 0.329 e. The van der Waals surface area contributed by atoms with Gasteiger partial charge in [0.1, 0.15) is 0 Å². The third-order valence-electron chi connectivity index (χ3n) is 3.57. The monoisotopic (exact) mass is 261 g/mol. The van der Waals surface area contributed by atoms with Crippen molar-refractivity contribution in [2.75, 3.05) is 13.2 Å². The molecule has 0 heterocycles. The van der Waals surface area contributed by atoms with Gasteiger partial charge in [-0.15, -0.1) is 0 Å². The first-order chi connectivity index (χ1) is 9.29. The van der Waals surface area contributed by atoms with Crippen LogP contribution in [0.3, 0.4) is 0 Å². The van der Waals surface area contributed by atoms with Gasteiger partial charge in [0.05, 0.1) is 0 Å². The molecule has 106 valence electrons. The minimum Gasteiger partial charge on any atom is -0.429 e. The Morgan fingerprint density at radius 2 is 1.89 bits per heavy atom. The minimum atomic E-state index is 0.186. The summed E-state index contributed by atoms with van der Waals surface area (Å²) in [5.41, 5.74) is 6.85. The largest absolute Gasteiger partial charge is 0.429 e. The van der Waals surface area contributed by atoms with Crippen molar-refractivity contribution < 1.29 is 4.65 Å². The van der Waals surface area contributed by atoms with E-state index in [-0.39, 0.29) is 6.92 Å². The summed E-state index contributed by atoms with van der Waals surface area (Å²) in [7, 11) is 0. The van der Waals surface area contributed by atoms with Gasteiger partial charge in [-0.3, -0.25) is 0 Å². The quantitative estimate of drug-likeness (QED) is 0.518. The van der Waals surface area contributed by atoms with Gasteiger partial charge in [0.15, 0.2) is 0 Å². The van der Waals surface area contributed by atoms with Crippen LogP contribution >= 0.6 is 0 Å². The summed E-state index contributed by atoms with van der Waals surface area (Å²) < 4.78 is 5.97. The molecule has 1 aromatic rings. The lowest BCUT2D eigenvalue weighted by Gasteiger charge is -2.21. The van der Waals surface area contributed by atoms with Crippen LogP contribution in [0.4, 0.5) is 0 Å². The highest BCUT2D eigenvalue weighted by Gasteiger charge is 2.25. The second-order valence-corrected chi connectivity index (χ2v) is 5.32. The van der Waals surface area contributed by atoms with E-state index < -0.39 is 0 Å². The van der Waals surface area contributed by atoms with E-state index in [1.54, 1.807) is 0 Å². The van der Waals surface area contributed by atoms with Gasteiger partial charge in [0.2, 0.25) is 0 Å². The van der Waals surface area contributed by atoms with Gasteiger partial charge in [-0.1, -0.05) is 76.3 Å². The van der Waals surface area contributed by atoms with Gasteiger partial charge in [-0.2, -0.15) is 0 Å². The zero-order chi connectivity index (χ0) is 13.9. The van der Waals surface area contributed by atoms with E-state index >= 15 is 0 Å². The molecule has 0 bridgehead atoms. The van der Waals surface area contributed by atoms with E-state index in [9.17, 15) is 0 Å². The van der Waals surface area contributed by atoms with Crippen LogP contribution in [0, 0.1) is 0 Å². The molecule has 0 amide bonds. The molecule has 0 saturated carbocycles. The van der Waals surface area contributed by atoms with Crippen LogP contribution in [0.5, 0.6) is 0 Å². The summed E-state index contributed by atoms with van der Waals surface area (Å²) in [4.78, 5) is 0. The van der Waals surface area contributed by atoms with Gasteiger partial charge < -0.3 is 10.4 Å². The molecule has 1 aromatic carbocycles. The number of hydrogen-bond acceptors (Lipinski definition) is 2. The highest BCUT2D eigenvalue weighted by atomic mass is 16.4. The number of benzene rings is 1. The standard InChI is InChI=1S/C16H28BNO/c1-3-4-5-7-10-15(2)17(19-14-13-18)16-11-8-6-9-12-16/h6,8-9,11-12,15H,3-5,7,10,13-14,18H2,1-2H3/t15-/m0/s1. The Morgan fingerprint density at radius 1 is 1.16 bits per heavy atom. The molecule has 0 fully saturated rings. The van der Waals surface area contributed by atoms with Gasteiger partial charge in [-0.25, -0.2) is 0 Å². The molecule has 1 atom stereocenters. The summed E-state index contributed by atoms with van der Waals surface area (Å²) in [5, 5.41) is 0. The number of unbranched alkanes of at least 4 members (excludes halogenated alkanes) is 3. The molecular formula is C16H28BNO. The first-order valence-corrected chi connectivity index (χ1v) is 7.66. The summed E-state index contributed by atoms with van der Waals surface area (Å²) in [6, 6.07) is 10.5. The van der Waals surface area contributed by atoms with Crippen molar-refractivity contribution in [3.63, 3.8) is 0 Å². The van der Waals surface area contributed by atoms with Crippen LogP contribution in [0.15, 0.2) is 30.3 Å². The fraction of sp³-hybridized carbons (Fsp3) is 0.625. The molecule has 0 radical (unpaired) electrons. The normalized spacial score (nSPS) is 12.4. The van der Waals surface area contributed by atoms with Crippen LogP contribution in [0.2, 0.25) is 5.82 Å². The van der Waals surface area contributed by atoms with Crippen LogP contribution in [-0.2, 0) is 4.65 Å². The SMILES string of the molecule is CCCCCC[C@H](C)B(OCCN)c1ccccc1. The van der Waals surface area contributed by atoms with Crippen molar-refractivity contribution >= 4 is 12.4 Å². The molecule has 0 aliphatic heterocycles. The lowest BCUT2D eigenvalue weighted by Crippen LogP contribution is -2.38. The van der Waals surface area contributed by atoms with Gasteiger partial charge >= 0.3 is 6.92 Å². The first kappa shape index (κ1) is 16.3. The van der Waals surface area contributed by atoms with E-state index in [0.29, 0.717) is 19.0 Å². The summed E-state index contributed by atoms with van der Waals surface area (Å²) in [6.07, 6.45) is 6.49. The van der Waals surface area contributed by atoms with Crippen molar-refractivity contribution in [3.05, 3.63) is 30.3 Å². The predicted molar refractivity (Wildman–Crippen MR) is 85.0 cm³/mol. The lowest BCUT2D eigenvalue weighted by molar-refractivity contribution is 0.328. The summed E-state index contributed by atoms with van der Waals surface area (Å²) in [6.45, 7) is 5.96. The molecule has 0 saturated heterocycles. The zero-order valence-electron chi connectivity index (χ0n) is 12.5. The molecule has 0 aliphatic rings. The fourth-order valence-corrected chi connectivity index (χ4v) is 2.47. The average Bonchev–Trinajstić information content (AvgIpc) is 2.45. The maximum absolute atomic E-state index is 5.97. The topological polar surface area (TPSA) is 35.2 Å². The molecule has 0 aliphatic carbocycles. The second kappa shape index (κ2) is 10.0. The summed E-state index contributed by atoms with van der Waals surface area (Å²) >= 11 is 0. The van der Waals surface area contributed by atoms with Crippen molar-refractivity contribution in [3.8, 4) is 0 Å². The molecular weight excluding hydrogens is 233 g/mol. The van der Waals surface area contributed by atoms with Crippen LogP contribution < -0.4 is 11.2 Å². The Balaban J connectivity index is 2.53. The maximum atomic E-state index is 5.97. The van der Waals surface area contributed by atoms with Gasteiger partial charge in [0, 0.05) is 13.2 Å². The Kier molecular flexibility index (Phi) is 8.60. The lowest BCUT2D eigenvalue weighted by atomic mass is 9.50. The Hall–Kier alpha value is -0.795. The minimum absolute atomic E-state index is 0.186. The zero-order valence-corrected chi connectivity index (χ0v) is 12.5. The average molecular weight is 261 g/mol. The van der Waals surface area contributed by atoms with Crippen LogP contribution in [-0.4, -0.2) is 20.1 Å². The third kappa shape index (κ3) is 6.26. The van der Waals surface area contributed by atoms with Crippen molar-refractivity contribution in [1.82, 2.24) is 0 Å². The van der Waals surface area contributed by atoms with Crippen LogP contribution in [0.25, 0.3) is 0 Å². The molecule has 0 spiro atoms. The third-order valence-corrected chi connectivity index (χ3v) is 3.57. The molecule has 0 aromatic heterocycles. The molecule has 19 heavy (non-hydrogen) atoms. The number of rotatable bonds is 10. The Labute approximate surface area is 118 Å². The van der Waals surface area contributed by atoms with E-state index in [4.69, 9.17) is 10.4 Å². The summed E-state index contributed by atoms with van der Waals surface area (Å²) in [5.74, 6) is 0.547. The van der Waals surface area contributed by atoms with Crippen LogP contribution in [0.1, 0.15) is 46.0 Å². The second-order valence-electron chi connectivity index (χ2n) is 5.32. The number of hydrogen-bond donors (Lipinski definition) is 1. The molecule has 2 nitrogen and oxygen atoms in total. The number of nitrogens with two attached hydrogens (primary N) is 1. The van der Waals surface area contributed by atoms with Gasteiger partial charge in [0.25, 0.3) is 0 Å². The molecule has 0 unspecified atom stereocenters. The van der Waals surface area contributed by atoms with Crippen molar-refractivity contribution in [2.24, 2.45) is 5.73 Å². The van der Waals surface area contributed by atoms with E-state index in [0.717, 1.165) is 0 Å². The van der Waals surface area contributed by atoms with E-state index in [2.05, 4.69) is 44.2 Å². The molecule has 1 rings (SSSR count). The maximum Gasteiger partial charge on any atom is 0.329 e. The molecule has 3 heteroatoms. The Bertz CT molecular complexity index is 318. The van der Waals surface area contributed by atoms with Crippen molar-refractivity contribution in [1.29, 1.82) is 0 Å². The Morgan fingerprint density at radius 3 is 2.53 bits per heavy atom. The highest BCUT2D eigenvalue weighted by molar-refractivity contribution is 6.68. The first-order valence-electron chi connectivity index (χ1n) is 7.66.